The van der Waals surface area contributed by atoms with Gasteiger partial charge in [0.2, 0.25) is 0 Å². The van der Waals surface area contributed by atoms with Crippen molar-refractivity contribution in [1.82, 2.24) is 10.2 Å². The number of anilines is 1. The molecule has 0 amide bonds. The number of aromatic amines is 1. The Labute approximate surface area is 113 Å². The lowest BCUT2D eigenvalue weighted by Gasteiger charge is -2.02. The van der Waals surface area contributed by atoms with Gasteiger partial charge in [0.05, 0.1) is 11.3 Å². The molecular formula is C13H10ClN3S. The predicted molar refractivity (Wildman–Crippen MR) is 76.8 cm³/mol. The van der Waals surface area contributed by atoms with Crippen molar-refractivity contribution in [1.29, 1.82) is 0 Å². The molecule has 1 aromatic carbocycles. The van der Waals surface area contributed by atoms with Gasteiger partial charge in [0.25, 0.3) is 0 Å². The highest BCUT2D eigenvalue weighted by Crippen LogP contribution is 2.37. The number of hydrogen-bond acceptors (Lipinski definition) is 3. The molecule has 0 bridgehead atoms. The maximum absolute atomic E-state index is 6.02. The highest BCUT2D eigenvalue weighted by atomic mass is 35.5. The van der Waals surface area contributed by atoms with E-state index in [0.29, 0.717) is 10.8 Å². The Kier molecular flexibility index (Phi) is 2.81. The molecule has 0 aliphatic carbocycles. The lowest BCUT2D eigenvalue weighted by molar-refractivity contribution is 1.10. The molecule has 3 N–H and O–H groups in total. The van der Waals surface area contributed by atoms with E-state index in [9.17, 15) is 0 Å². The normalized spacial score (nSPS) is 10.7. The van der Waals surface area contributed by atoms with Crippen molar-refractivity contribution in [3.63, 3.8) is 0 Å². The van der Waals surface area contributed by atoms with E-state index in [0.717, 1.165) is 21.7 Å². The Morgan fingerprint density at radius 2 is 2.11 bits per heavy atom. The maximum Gasteiger partial charge on any atom is 0.154 e. The van der Waals surface area contributed by atoms with Gasteiger partial charge < -0.3 is 5.73 Å². The van der Waals surface area contributed by atoms with Gasteiger partial charge in [0, 0.05) is 15.5 Å². The van der Waals surface area contributed by atoms with E-state index in [2.05, 4.69) is 10.2 Å². The molecule has 0 aliphatic rings. The van der Waals surface area contributed by atoms with Crippen molar-refractivity contribution in [3.05, 3.63) is 46.8 Å². The van der Waals surface area contributed by atoms with Gasteiger partial charge in [-0.25, -0.2) is 0 Å². The number of benzene rings is 1. The molecule has 0 aliphatic heterocycles. The smallest absolute Gasteiger partial charge is 0.154 e. The molecule has 0 saturated heterocycles. The predicted octanol–water partition coefficient (Wildman–Crippen LogP) is 4.04. The van der Waals surface area contributed by atoms with Crippen LogP contribution < -0.4 is 5.73 Å². The van der Waals surface area contributed by atoms with E-state index >= 15 is 0 Å². The number of aromatic nitrogens is 2. The van der Waals surface area contributed by atoms with Crippen LogP contribution in [0.15, 0.2) is 41.8 Å². The van der Waals surface area contributed by atoms with Crippen LogP contribution in [-0.2, 0) is 0 Å². The molecule has 0 spiro atoms. The summed E-state index contributed by atoms with van der Waals surface area (Å²) in [7, 11) is 0. The highest BCUT2D eigenvalue weighted by Gasteiger charge is 2.15. The summed E-state index contributed by atoms with van der Waals surface area (Å²) < 4.78 is 0. The van der Waals surface area contributed by atoms with Crippen molar-refractivity contribution in [2.45, 2.75) is 0 Å². The SMILES string of the molecule is Nc1n[nH]c(-c2cccc(Cl)c2)c1-c1cccs1. The van der Waals surface area contributed by atoms with Gasteiger partial charge >= 0.3 is 0 Å². The van der Waals surface area contributed by atoms with Gasteiger partial charge in [-0.3, -0.25) is 5.10 Å². The minimum absolute atomic E-state index is 0.507. The van der Waals surface area contributed by atoms with Gasteiger partial charge in [-0.1, -0.05) is 29.8 Å². The Bertz CT molecular complexity index is 673. The minimum atomic E-state index is 0.507. The maximum atomic E-state index is 6.02. The van der Waals surface area contributed by atoms with Gasteiger partial charge in [-0.2, -0.15) is 5.10 Å². The fraction of sp³-hybridized carbons (Fsp3) is 0. The lowest BCUT2D eigenvalue weighted by atomic mass is 10.1. The topological polar surface area (TPSA) is 54.7 Å². The molecule has 3 aromatic rings. The van der Waals surface area contributed by atoms with Crippen LogP contribution in [0.2, 0.25) is 5.02 Å². The zero-order chi connectivity index (χ0) is 12.5. The first-order valence-electron chi connectivity index (χ1n) is 5.39. The van der Waals surface area contributed by atoms with Crippen molar-refractivity contribution < 1.29 is 0 Å². The third-order valence-electron chi connectivity index (χ3n) is 2.68. The summed E-state index contributed by atoms with van der Waals surface area (Å²) in [5, 5.41) is 9.78. The van der Waals surface area contributed by atoms with Crippen LogP contribution in [0.5, 0.6) is 0 Å². The summed E-state index contributed by atoms with van der Waals surface area (Å²) in [6.07, 6.45) is 0. The van der Waals surface area contributed by atoms with E-state index in [1.807, 2.05) is 41.8 Å². The summed E-state index contributed by atoms with van der Waals surface area (Å²) >= 11 is 7.65. The van der Waals surface area contributed by atoms with Crippen molar-refractivity contribution in [2.24, 2.45) is 0 Å². The number of nitrogens with one attached hydrogen (secondary N) is 1. The van der Waals surface area contributed by atoms with Crippen LogP contribution in [0, 0.1) is 0 Å². The second-order valence-corrected chi connectivity index (χ2v) is 5.23. The van der Waals surface area contributed by atoms with Crippen molar-refractivity contribution in [3.8, 4) is 21.7 Å². The molecule has 2 heterocycles. The summed E-state index contributed by atoms with van der Waals surface area (Å²) in [4.78, 5) is 1.09. The first-order chi connectivity index (χ1) is 8.75. The number of thiophene rings is 1. The van der Waals surface area contributed by atoms with Crippen LogP contribution in [0.3, 0.4) is 0 Å². The number of H-pyrrole nitrogens is 1. The van der Waals surface area contributed by atoms with Crippen LogP contribution in [-0.4, -0.2) is 10.2 Å². The fourth-order valence-electron chi connectivity index (χ4n) is 1.88. The first kappa shape index (κ1) is 11.3. The van der Waals surface area contributed by atoms with Gasteiger partial charge in [0.15, 0.2) is 5.82 Å². The number of nitrogens with zero attached hydrogens (tertiary/aromatic N) is 1. The zero-order valence-corrected chi connectivity index (χ0v) is 10.9. The molecule has 90 valence electrons. The molecule has 2 aromatic heterocycles. The van der Waals surface area contributed by atoms with E-state index < -0.39 is 0 Å². The number of nitrogen functional groups attached to an aromatic ring is 1. The van der Waals surface area contributed by atoms with Crippen LogP contribution >= 0.6 is 22.9 Å². The Morgan fingerprint density at radius 1 is 1.22 bits per heavy atom. The third kappa shape index (κ3) is 1.89. The summed E-state index contributed by atoms with van der Waals surface area (Å²) in [6, 6.07) is 11.7. The summed E-state index contributed by atoms with van der Waals surface area (Å²) in [5.41, 5.74) is 8.76. The van der Waals surface area contributed by atoms with E-state index in [1.54, 1.807) is 11.3 Å². The molecule has 0 saturated carbocycles. The van der Waals surface area contributed by atoms with Crippen LogP contribution in [0.1, 0.15) is 0 Å². The lowest BCUT2D eigenvalue weighted by Crippen LogP contribution is -1.86. The molecule has 3 rings (SSSR count). The van der Waals surface area contributed by atoms with E-state index in [1.165, 1.54) is 0 Å². The first-order valence-corrected chi connectivity index (χ1v) is 6.65. The van der Waals surface area contributed by atoms with Crippen molar-refractivity contribution >= 4 is 28.8 Å². The highest BCUT2D eigenvalue weighted by molar-refractivity contribution is 7.13. The standard InChI is InChI=1S/C13H10ClN3S/c14-9-4-1-3-8(7-9)12-11(13(15)17-16-12)10-5-2-6-18-10/h1-7H,(H3,15,16,17). The number of nitrogens with two attached hydrogens (primary N) is 1. The Balaban J connectivity index is 2.20. The average Bonchev–Trinajstić information content (AvgIpc) is 2.97. The third-order valence-corrected chi connectivity index (χ3v) is 3.80. The molecule has 0 unspecified atom stereocenters. The molecule has 0 atom stereocenters. The van der Waals surface area contributed by atoms with E-state index in [4.69, 9.17) is 17.3 Å². The van der Waals surface area contributed by atoms with Crippen LogP contribution in [0.25, 0.3) is 21.7 Å². The number of rotatable bonds is 2. The van der Waals surface area contributed by atoms with Crippen molar-refractivity contribution in [2.75, 3.05) is 5.73 Å². The fourth-order valence-corrected chi connectivity index (χ4v) is 2.85. The molecule has 0 radical (unpaired) electrons. The number of hydrogen-bond donors (Lipinski definition) is 2. The Hall–Kier alpha value is -1.78. The summed E-state index contributed by atoms with van der Waals surface area (Å²) in [6.45, 7) is 0. The summed E-state index contributed by atoms with van der Waals surface area (Å²) in [5.74, 6) is 0.507. The minimum Gasteiger partial charge on any atom is -0.382 e. The van der Waals surface area contributed by atoms with Gasteiger partial charge in [-0.15, -0.1) is 11.3 Å². The molecular weight excluding hydrogens is 266 g/mol. The molecule has 5 heteroatoms. The number of halogens is 1. The van der Waals surface area contributed by atoms with Crippen LogP contribution in [0.4, 0.5) is 5.82 Å². The largest absolute Gasteiger partial charge is 0.382 e. The van der Waals surface area contributed by atoms with Gasteiger partial charge in [0.1, 0.15) is 0 Å². The average molecular weight is 276 g/mol. The van der Waals surface area contributed by atoms with Gasteiger partial charge in [-0.05, 0) is 23.6 Å². The Morgan fingerprint density at radius 3 is 2.83 bits per heavy atom. The zero-order valence-electron chi connectivity index (χ0n) is 9.35. The quantitative estimate of drug-likeness (QED) is 0.741. The monoisotopic (exact) mass is 275 g/mol. The molecule has 0 fully saturated rings. The van der Waals surface area contributed by atoms with E-state index in [-0.39, 0.29) is 0 Å². The molecule has 3 nitrogen and oxygen atoms in total. The second kappa shape index (κ2) is 4.48. The molecule has 18 heavy (non-hydrogen) atoms. The second-order valence-electron chi connectivity index (χ2n) is 3.85.